The van der Waals surface area contributed by atoms with Gasteiger partial charge in [0, 0.05) is 18.8 Å². The molecule has 1 rings (SSSR count). The smallest absolute Gasteiger partial charge is 0.246 e. The summed E-state index contributed by atoms with van der Waals surface area (Å²) in [6.07, 6.45) is 1.47. The predicted molar refractivity (Wildman–Crippen MR) is 63.4 cm³/mol. The van der Waals surface area contributed by atoms with E-state index in [2.05, 4.69) is 4.98 Å². The first-order valence-electron chi connectivity index (χ1n) is 5.13. The predicted octanol–water partition coefficient (Wildman–Crippen LogP) is 1.08. The number of aromatic nitrogens is 1. The van der Waals surface area contributed by atoms with Crippen molar-refractivity contribution in [2.24, 2.45) is 0 Å². The average molecular weight is 243 g/mol. The van der Waals surface area contributed by atoms with Gasteiger partial charge in [-0.2, -0.15) is 4.31 Å². The lowest BCUT2D eigenvalue weighted by Crippen LogP contribution is -2.37. The number of rotatable bonds is 4. The summed E-state index contributed by atoms with van der Waals surface area (Å²) < 4.78 is 25.9. The topological polar surface area (TPSA) is 76.3 Å². The Morgan fingerprint density at radius 2 is 2.12 bits per heavy atom. The minimum atomic E-state index is -3.54. The fourth-order valence-corrected chi connectivity index (χ4v) is 3.28. The van der Waals surface area contributed by atoms with Crippen molar-refractivity contribution in [3.8, 4) is 0 Å². The van der Waals surface area contributed by atoms with Gasteiger partial charge >= 0.3 is 0 Å². The van der Waals surface area contributed by atoms with Gasteiger partial charge in [-0.3, -0.25) is 0 Å². The van der Waals surface area contributed by atoms with Gasteiger partial charge in [0.05, 0.1) is 0 Å². The Bertz CT molecular complexity index is 457. The van der Waals surface area contributed by atoms with E-state index < -0.39 is 10.0 Å². The summed E-state index contributed by atoms with van der Waals surface area (Å²) in [4.78, 5) is 3.87. The second-order valence-corrected chi connectivity index (χ2v) is 5.55. The molecule has 0 spiro atoms. The summed E-state index contributed by atoms with van der Waals surface area (Å²) in [6, 6.07) is 2.94. The Morgan fingerprint density at radius 3 is 2.56 bits per heavy atom. The monoisotopic (exact) mass is 243 g/mol. The van der Waals surface area contributed by atoms with E-state index in [-0.39, 0.29) is 16.8 Å². The molecule has 0 bridgehead atoms. The van der Waals surface area contributed by atoms with Crippen molar-refractivity contribution < 1.29 is 8.42 Å². The van der Waals surface area contributed by atoms with Gasteiger partial charge in [-0.15, -0.1) is 0 Å². The molecule has 1 aromatic rings. The van der Waals surface area contributed by atoms with Crippen molar-refractivity contribution in [1.82, 2.24) is 9.29 Å². The van der Waals surface area contributed by atoms with Crippen molar-refractivity contribution in [3.05, 3.63) is 18.3 Å². The summed E-state index contributed by atoms with van der Waals surface area (Å²) >= 11 is 0. The first-order chi connectivity index (χ1) is 7.41. The Morgan fingerprint density at radius 1 is 1.50 bits per heavy atom. The van der Waals surface area contributed by atoms with Crippen LogP contribution in [0.4, 0.5) is 5.82 Å². The molecule has 1 aromatic heterocycles. The van der Waals surface area contributed by atoms with Crippen LogP contribution in [0.3, 0.4) is 0 Å². The lowest BCUT2D eigenvalue weighted by Gasteiger charge is -2.24. The quantitative estimate of drug-likeness (QED) is 0.858. The van der Waals surface area contributed by atoms with Gasteiger partial charge in [0.15, 0.2) is 0 Å². The van der Waals surface area contributed by atoms with Crippen LogP contribution >= 0.6 is 0 Å². The zero-order valence-corrected chi connectivity index (χ0v) is 10.5. The van der Waals surface area contributed by atoms with E-state index in [0.717, 1.165) is 0 Å². The second-order valence-electron chi connectivity index (χ2n) is 3.69. The SMILES string of the molecule is CCN(C(C)C)S(=O)(=O)c1cccnc1N. The van der Waals surface area contributed by atoms with Gasteiger partial charge in [0.1, 0.15) is 10.7 Å². The van der Waals surface area contributed by atoms with E-state index in [1.54, 1.807) is 13.0 Å². The van der Waals surface area contributed by atoms with Crippen LogP contribution in [0.25, 0.3) is 0 Å². The third-order valence-corrected chi connectivity index (χ3v) is 4.47. The molecule has 6 heteroatoms. The molecule has 0 aliphatic heterocycles. The molecule has 0 saturated carbocycles. The molecule has 5 nitrogen and oxygen atoms in total. The molecule has 16 heavy (non-hydrogen) atoms. The normalized spacial score (nSPS) is 12.3. The number of nitrogens with two attached hydrogens (primary N) is 1. The van der Waals surface area contributed by atoms with Gasteiger partial charge in [-0.25, -0.2) is 13.4 Å². The van der Waals surface area contributed by atoms with Gasteiger partial charge in [0.25, 0.3) is 0 Å². The highest BCUT2D eigenvalue weighted by Gasteiger charge is 2.27. The third kappa shape index (κ3) is 2.33. The number of nitrogen functional groups attached to an aromatic ring is 1. The highest BCUT2D eigenvalue weighted by molar-refractivity contribution is 7.89. The Kier molecular flexibility index (Phi) is 3.88. The van der Waals surface area contributed by atoms with Crippen LogP contribution in [0.15, 0.2) is 23.2 Å². The third-order valence-electron chi connectivity index (χ3n) is 2.27. The first kappa shape index (κ1) is 12.9. The summed E-state index contributed by atoms with van der Waals surface area (Å²) in [7, 11) is -3.54. The molecule has 0 aliphatic rings. The summed E-state index contributed by atoms with van der Waals surface area (Å²) in [5.41, 5.74) is 5.58. The number of sulfonamides is 1. The number of nitrogens with zero attached hydrogens (tertiary/aromatic N) is 2. The number of hydrogen-bond donors (Lipinski definition) is 1. The van der Waals surface area contributed by atoms with Crippen molar-refractivity contribution in [3.63, 3.8) is 0 Å². The van der Waals surface area contributed by atoms with E-state index in [9.17, 15) is 8.42 Å². The van der Waals surface area contributed by atoms with E-state index in [1.807, 2.05) is 13.8 Å². The van der Waals surface area contributed by atoms with Crippen molar-refractivity contribution in [2.45, 2.75) is 31.7 Å². The van der Waals surface area contributed by atoms with Crippen LogP contribution < -0.4 is 5.73 Å². The second kappa shape index (κ2) is 4.80. The maximum Gasteiger partial charge on any atom is 0.246 e. The molecule has 0 saturated heterocycles. The standard InChI is InChI=1S/C10H17N3O2S/c1-4-13(8(2)3)16(14,15)9-6-5-7-12-10(9)11/h5-8H,4H2,1-3H3,(H2,11,12). The Labute approximate surface area is 96.3 Å². The molecule has 1 heterocycles. The number of pyridine rings is 1. The molecule has 2 N–H and O–H groups in total. The Balaban J connectivity index is 3.26. The molecule has 0 aliphatic carbocycles. The van der Waals surface area contributed by atoms with Crippen molar-refractivity contribution in [1.29, 1.82) is 0 Å². The van der Waals surface area contributed by atoms with Crippen molar-refractivity contribution >= 4 is 15.8 Å². The molecule has 0 aromatic carbocycles. The van der Waals surface area contributed by atoms with Crippen LogP contribution in [0, 0.1) is 0 Å². The van der Waals surface area contributed by atoms with Crippen LogP contribution in [0.5, 0.6) is 0 Å². The van der Waals surface area contributed by atoms with Crippen LogP contribution in [0.2, 0.25) is 0 Å². The van der Waals surface area contributed by atoms with Gasteiger partial charge in [0.2, 0.25) is 10.0 Å². The zero-order chi connectivity index (χ0) is 12.3. The van der Waals surface area contributed by atoms with Crippen LogP contribution in [-0.2, 0) is 10.0 Å². The average Bonchev–Trinajstić information content (AvgIpc) is 2.17. The zero-order valence-electron chi connectivity index (χ0n) is 9.71. The molecular weight excluding hydrogens is 226 g/mol. The fraction of sp³-hybridized carbons (Fsp3) is 0.500. The van der Waals surface area contributed by atoms with Gasteiger partial charge in [-0.1, -0.05) is 6.92 Å². The lowest BCUT2D eigenvalue weighted by molar-refractivity contribution is 0.369. The summed E-state index contributed by atoms with van der Waals surface area (Å²) in [5.74, 6) is 0.0431. The van der Waals surface area contributed by atoms with Crippen molar-refractivity contribution in [2.75, 3.05) is 12.3 Å². The Hall–Kier alpha value is -1.14. The summed E-state index contributed by atoms with van der Waals surface area (Å²) in [5, 5.41) is 0. The minimum absolute atomic E-state index is 0.0431. The molecule has 0 atom stereocenters. The largest absolute Gasteiger partial charge is 0.383 e. The number of anilines is 1. The van der Waals surface area contributed by atoms with E-state index in [4.69, 9.17) is 5.73 Å². The minimum Gasteiger partial charge on any atom is -0.383 e. The first-order valence-corrected chi connectivity index (χ1v) is 6.57. The molecule has 0 unspecified atom stereocenters. The van der Waals surface area contributed by atoms with Crippen LogP contribution in [0.1, 0.15) is 20.8 Å². The van der Waals surface area contributed by atoms with E-state index >= 15 is 0 Å². The highest BCUT2D eigenvalue weighted by Crippen LogP contribution is 2.21. The molecule has 0 fully saturated rings. The van der Waals surface area contributed by atoms with Gasteiger partial charge in [-0.05, 0) is 26.0 Å². The molecular formula is C10H17N3O2S. The fourth-order valence-electron chi connectivity index (χ4n) is 1.56. The van der Waals surface area contributed by atoms with E-state index in [0.29, 0.717) is 6.54 Å². The molecule has 90 valence electrons. The maximum atomic E-state index is 12.2. The van der Waals surface area contributed by atoms with Gasteiger partial charge < -0.3 is 5.73 Å². The summed E-state index contributed by atoms with van der Waals surface area (Å²) in [6.45, 7) is 5.86. The number of hydrogen-bond acceptors (Lipinski definition) is 4. The molecule has 0 amide bonds. The van der Waals surface area contributed by atoms with Crippen LogP contribution in [-0.4, -0.2) is 30.3 Å². The molecule has 0 radical (unpaired) electrons. The lowest BCUT2D eigenvalue weighted by atomic mass is 10.4. The van der Waals surface area contributed by atoms with E-state index in [1.165, 1.54) is 16.6 Å². The highest BCUT2D eigenvalue weighted by atomic mass is 32.2. The maximum absolute atomic E-state index is 12.2.